The lowest BCUT2D eigenvalue weighted by atomic mass is 9.91. The molecule has 0 heterocycles. The summed E-state index contributed by atoms with van der Waals surface area (Å²) in [5, 5.41) is 0. The van der Waals surface area contributed by atoms with Gasteiger partial charge in [-0.3, -0.25) is 0 Å². The van der Waals surface area contributed by atoms with Gasteiger partial charge in [0.25, 0.3) is 0 Å². The number of nitrogens with two attached hydrogens (primary N) is 2. The van der Waals surface area contributed by atoms with Crippen LogP contribution in [0.3, 0.4) is 0 Å². The van der Waals surface area contributed by atoms with E-state index in [-0.39, 0.29) is 0 Å². The molecule has 22 heavy (non-hydrogen) atoms. The van der Waals surface area contributed by atoms with Crippen molar-refractivity contribution < 1.29 is 0 Å². The maximum absolute atomic E-state index is 5.78. The van der Waals surface area contributed by atoms with Crippen LogP contribution in [-0.4, -0.2) is 0 Å². The third-order valence-electron chi connectivity index (χ3n) is 3.98. The highest BCUT2D eigenvalue weighted by atomic mass is 14.5. The van der Waals surface area contributed by atoms with E-state index < -0.39 is 0 Å². The number of anilines is 2. The summed E-state index contributed by atoms with van der Waals surface area (Å²) >= 11 is 0. The highest BCUT2D eigenvalue weighted by Gasteiger charge is 2.09. The standard InChI is InChI=1S/C20H20N2/c1-13-11-17(15-3-7-18(21)8-4-15)12-14(2)20(13)16-5-9-19(22)10-6-16/h3-12H,21-22H2,1-2H3. The van der Waals surface area contributed by atoms with E-state index in [0.717, 1.165) is 11.4 Å². The number of rotatable bonds is 2. The van der Waals surface area contributed by atoms with E-state index in [1.54, 1.807) is 0 Å². The Morgan fingerprint density at radius 2 is 0.955 bits per heavy atom. The topological polar surface area (TPSA) is 52.0 Å². The number of hydrogen-bond acceptors (Lipinski definition) is 2. The van der Waals surface area contributed by atoms with Crippen LogP contribution in [-0.2, 0) is 0 Å². The van der Waals surface area contributed by atoms with Crippen molar-refractivity contribution in [1.82, 2.24) is 0 Å². The number of benzene rings is 3. The van der Waals surface area contributed by atoms with Crippen molar-refractivity contribution >= 4 is 11.4 Å². The Labute approximate surface area is 131 Å². The highest BCUT2D eigenvalue weighted by molar-refractivity contribution is 5.77. The Morgan fingerprint density at radius 1 is 0.545 bits per heavy atom. The van der Waals surface area contributed by atoms with E-state index in [0.29, 0.717) is 0 Å². The summed E-state index contributed by atoms with van der Waals surface area (Å²) in [5.41, 5.74) is 20.5. The highest BCUT2D eigenvalue weighted by Crippen LogP contribution is 2.32. The second-order valence-electron chi connectivity index (χ2n) is 5.73. The second-order valence-corrected chi connectivity index (χ2v) is 5.73. The van der Waals surface area contributed by atoms with Crippen molar-refractivity contribution in [2.45, 2.75) is 13.8 Å². The molecule has 0 unspecified atom stereocenters. The van der Waals surface area contributed by atoms with E-state index in [9.17, 15) is 0 Å². The summed E-state index contributed by atoms with van der Waals surface area (Å²) in [5.74, 6) is 0. The van der Waals surface area contributed by atoms with Crippen LogP contribution < -0.4 is 11.5 Å². The summed E-state index contributed by atoms with van der Waals surface area (Å²) in [4.78, 5) is 0. The molecule has 0 atom stereocenters. The van der Waals surface area contributed by atoms with Crippen LogP contribution in [0.1, 0.15) is 11.1 Å². The van der Waals surface area contributed by atoms with Crippen LogP contribution in [0.15, 0.2) is 60.7 Å². The maximum Gasteiger partial charge on any atom is 0.0314 e. The van der Waals surface area contributed by atoms with Gasteiger partial charge in [-0.2, -0.15) is 0 Å². The molecular formula is C20H20N2. The number of aryl methyl sites for hydroxylation is 2. The molecule has 3 aromatic carbocycles. The van der Waals surface area contributed by atoms with Crippen LogP contribution in [0.2, 0.25) is 0 Å². The molecule has 0 saturated carbocycles. The van der Waals surface area contributed by atoms with Gasteiger partial charge in [0.2, 0.25) is 0 Å². The molecule has 2 nitrogen and oxygen atoms in total. The first-order valence-corrected chi connectivity index (χ1v) is 7.37. The van der Waals surface area contributed by atoms with Crippen LogP contribution in [0.4, 0.5) is 11.4 Å². The van der Waals surface area contributed by atoms with Gasteiger partial charge in [-0.05, 0) is 71.5 Å². The minimum absolute atomic E-state index is 0.788. The molecule has 110 valence electrons. The van der Waals surface area contributed by atoms with E-state index >= 15 is 0 Å². The predicted octanol–water partition coefficient (Wildman–Crippen LogP) is 4.80. The van der Waals surface area contributed by atoms with Crippen LogP contribution in [0.5, 0.6) is 0 Å². The van der Waals surface area contributed by atoms with Crippen LogP contribution >= 0.6 is 0 Å². The molecule has 0 radical (unpaired) electrons. The normalized spacial score (nSPS) is 10.6. The Balaban J connectivity index is 2.08. The first kappa shape index (κ1) is 14.2. The van der Waals surface area contributed by atoms with Gasteiger partial charge in [0, 0.05) is 11.4 Å². The smallest absolute Gasteiger partial charge is 0.0314 e. The molecule has 0 aliphatic rings. The minimum Gasteiger partial charge on any atom is -0.399 e. The Hall–Kier alpha value is -2.74. The fourth-order valence-electron chi connectivity index (χ4n) is 2.91. The Bertz CT molecular complexity index is 777. The lowest BCUT2D eigenvalue weighted by Gasteiger charge is -2.14. The summed E-state index contributed by atoms with van der Waals surface area (Å²) in [6, 6.07) is 20.5. The van der Waals surface area contributed by atoms with Crippen LogP contribution in [0, 0.1) is 13.8 Å². The molecule has 0 saturated heterocycles. The molecule has 0 bridgehead atoms. The molecule has 0 fully saturated rings. The van der Waals surface area contributed by atoms with Gasteiger partial charge in [-0.15, -0.1) is 0 Å². The van der Waals surface area contributed by atoms with E-state index in [1.807, 2.05) is 24.3 Å². The van der Waals surface area contributed by atoms with Gasteiger partial charge in [-0.1, -0.05) is 36.4 Å². The summed E-state index contributed by atoms with van der Waals surface area (Å²) in [7, 11) is 0. The summed E-state index contributed by atoms with van der Waals surface area (Å²) < 4.78 is 0. The largest absolute Gasteiger partial charge is 0.399 e. The lowest BCUT2D eigenvalue weighted by Crippen LogP contribution is -1.92. The van der Waals surface area contributed by atoms with Gasteiger partial charge in [0.15, 0.2) is 0 Å². The second kappa shape index (κ2) is 5.57. The van der Waals surface area contributed by atoms with Crippen molar-refractivity contribution in [2.24, 2.45) is 0 Å². The average Bonchev–Trinajstić information content (AvgIpc) is 2.49. The van der Waals surface area contributed by atoms with E-state index in [1.165, 1.54) is 33.4 Å². The fourth-order valence-corrected chi connectivity index (χ4v) is 2.91. The molecule has 0 amide bonds. The van der Waals surface area contributed by atoms with Crippen molar-refractivity contribution in [3.8, 4) is 22.3 Å². The zero-order chi connectivity index (χ0) is 15.7. The Morgan fingerprint density at radius 3 is 1.41 bits per heavy atom. The van der Waals surface area contributed by atoms with Gasteiger partial charge in [0.1, 0.15) is 0 Å². The van der Waals surface area contributed by atoms with E-state index in [2.05, 4.69) is 50.2 Å². The van der Waals surface area contributed by atoms with Crippen LogP contribution in [0.25, 0.3) is 22.3 Å². The number of nitrogen functional groups attached to an aromatic ring is 2. The van der Waals surface area contributed by atoms with Crippen molar-refractivity contribution in [3.63, 3.8) is 0 Å². The van der Waals surface area contributed by atoms with Crippen molar-refractivity contribution in [3.05, 3.63) is 71.8 Å². The predicted molar refractivity (Wildman–Crippen MR) is 95.6 cm³/mol. The monoisotopic (exact) mass is 288 g/mol. The molecule has 0 aliphatic heterocycles. The Kier molecular flexibility index (Phi) is 3.60. The molecule has 4 N–H and O–H groups in total. The van der Waals surface area contributed by atoms with Gasteiger partial charge < -0.3 is 11.5 Å². The molecule has 0 aliphatic carbocycles. The zero-order valence-corrected chi connectivity index (χ0v) is 12.9. The fraction of sp³-hybridized carbons (Fsp3) is 0.100. The molecular weight excluding hydrogens is 268 g/mol. The lowest BCUT2D eigenvalue weighted by molar-refractivity contribution is 1.38. The van der Waals surface area contributed by atoms with Crippen molar-refractivity contribution in [2.75, 3.05) is 11.5 Å². The first-order valence-electron chi connectivity index (χ1n) is 7.37. The average molecular weight is 288 g/mol. The zero-order valence-electron chi connectivity index (χ0n) is 12.9. The summed E-state index contributed by atoms with van der Waals surface area (Å²) in [6.07, 6.45) is 0. The third-order valence-corrected chi connectivity index (χ3v) is 3.98. The van der Waals surface area contributed by atoms with Gasteiger partial charge in [-0.25, -0.2) is 0 Å². The maximum atomic E-state index is 5.78. The molecule has 0 spiro atoms. The minimum atomic E-state index is 0.788. The molecule has 3 rings (SSSR count). The molecule has 0 aromatic heterocycles. The quantitative estimate of drug-likeness (QED) is 0.665. The third kappa shape index (κ3) is 2.68. The first-order chi connectivity index (χ1) is 10.5. The summed E-state index contributed by atoms with van der Waals surface area (Å²) in [6.45, 7) is 4.30. The van der Waals surface area contributed by atoms with Gasteiger partial charge in [0.05, 0.1) is 0 Å². The van der Waals surface area contributed by atoms with Gasteiger partial charge >= 0.3 is 0 Å². The molecule has 2 heteroatoms. The van der Waals surface area contributed by atoms with Crippen molar-refractivity contribution in [1.29, 1.82) is 0 Å². The van der Waals surface area contributed by atoms with E-state index in [4.69, 9.17) is 11.5 Å². The SMILES string of the molecule is Cc1cc(-c2ccc(N)cc2)cc(C)c1-c1ccc(N)cc1. The number of hydrogen-bond donors (Lipinski definition) is 2. The molecule has 3 aromatic rings.